The molecule has 2 heterocycles. The van der Waals surface area contributed by atoms with Crippen LogP contribution in [-0.2, 0) is 0 Å². The number of thiophene rings is 1. The summed E-state index contributed by atoms with van der Waals surface area (Å²) >= 11 is 1.62. The zero-order chi connectivity index (χ0) is 11.0. The quantitative estimate of drug-likeness (QED) is 0.815. The molecule has 0 aliphatic carbocycles. The lowest BCUT2D eigenvalue weighted by Crippen LogP contribution is -1.96. The second kappa shape index (κ2) is 3.77. The van der Waals surface area contributed by atoms with Crippen LogP contribution in [0.4, 0.5) is 0 Å². The Balaban J connectivity index is 1.98. The van der Waals surface area contributed by atoms with Crippen molar-refractivity contribution in [1.29, 1.82) is 0 Å². The molecule has 0 amide bonds. The van der Waals surface area contributed by atoms with Crippen LogP contribution < -0.4 is 4.74 Å². The van der Waals surface area contributed by atoms with Crippen LogP contribution in [-0.4, -0.2) is 5.11 Å². The highest BCUT2D eigenvalue weighted by atomic mass is 32.1. The van der Waals surface area contributed by atoms with E-state index in [1.165, 1.54) is 0 Å². The molecule has 3 heteroatoms. The highest BCUT2D eigenvalue weighted by Gasteiger charge is 2.26. The third-order valence-corrected chi connectivity index (χ3v) is 3.36. The maximum atomic E-state index is 10.1. The molecule has 2 aromatic rings. The van der Waals surface area contributed by atoms with Gasteiger partial charge in [-0.25, -0.2) is 0 Å². The molecule has 1 aliphatic heterocycles. The number of aliphatic hydroxyl groups excluding tert-OH is 1. The van der Waals surface area contributed by atoms with Crippen molar-refractivity contribution < 1.29 is 9.84 Å². The molecule has 1 N–H and O–H groups in total. The Labute approximate surface area is 97.4 Å². The fraction of sp³-hybridized carbons (Fsp3) is 0.0769. The molecule has 1 unspecified atom stereocenters. The Morgan fingerprint density at radius 1 is 1.19 bits per heavy atom. The number of hydrogen-bond acceptors (Lipinski definition) is 3. The summed E-state index contributed by atoms with van der Waals surface area (Å²) in [6, 6.07) is 11.5. The molecule has 0 saturated carbocycles. The Bertz CT molecular complexity index is 529. The normalized spacial score (nSPS) is 20.8. The van der Waals surface area contributed by atoms with E-state index in [1.807, 2.05) is 47.9 Å². The predicted molar refractivity (Wildman–Crippen MR) is 64.3 cm³/mol. The van der Waals surface area contributed by atoms with Crippen LogP contribution >= 0.6 is 11.3 Å². The van der Waals surface area contributed by atoms with Crippen LogP contribution in [0.2, 0.25) is 0 Å². The first-order chi connectivity index (χ1) is 7.84. The zero-order valence-electron chi connectivity index (χ0n) is 8.46. The summed E-state index contributed by atoms with van der Waals surface area (Å²) in [5, 5.41) is 12.1. The molecule has 0 radical (unpaired) electrons. The third-order valence-electron chi connectivity index (χ3n) is 2.54. The smallest absolute Gasteiger partial charge is 0.140 e. The van der Waals surface area contributed by atoms with Crippen molar-refractivity contribution in [2.45, 2.75) is 6.10 Å². The van der Waals surface area contributed by atoms with Gasteiger partial charge in [-0.1, -0.05) is 24.3 Å². The van der Waals surface area contributed by atoms with E-state index in [0.29, 0.717) is 5.76 Å². The van der Waals surface area contributed by atoms with E-state index in [9.17, 15) is 5.11 Å². The molecule has 0 spiro atoms. The minimum absolute atomic E-state index is 0.601. The minimum Gasteiger partial charge on any atom is -0.458 e. The fourth-order valence-electron chi connectivity index (χ4n) is 1.76. The zero-order valence-corrected chi connectivity index (χ0v) is 9.28. The number of hydrogen-bond donors (Lipinski definition) is 1. The first kappa shape index (κ1) is 9.63. The molecule has 16 heavy (non-hydrogen) atoms. The summed E-state index contributed by atoms with van der Waals surface area (Å²) in [6.45, 7) is 0. The van der Waals surface area contributed by atoms with Gasteiger partial charge >= 0.3 is 0 Å². The van der Waals surface area contributed by atoms with Gasteiger partial charge in [-0.2, -0.15) is 0 Å². The monoisotopic (exact) mass is 230 g/mol. The van der Waals surface area contributed by atoms with Crippen molar-refractivity contribution >= 4 is 17.4 Å². The number of fused-ring (bicyclic) bond motifs is 1. The van der Waals surface area contributed by atoms with Gasteiger partial charge in [-0.3, -0.25) is 0 Å². The number of para-hydroxylation sites is 1. The summed E-state index contributed by atoms with van der Waals surface area (Å²) < 4.78 is 5.61. The van der Waals surface area contributed by atoms with Gasteiger partial charge in [0.25, 0.3) is 0 Å². The fourth-order valence-corrected chi connectivity index (χ4v) is 2.41. The first-order valence-electron chi connectivity index (χ1n) is 5.04. The van der Waals surface area contributed by atoms with E-state index >= 15 is 0 Å². The van der Waals surface area contributed by atoms with E-state index in [4.69, 9.17) is 4.74 Å². The maximum absolute atomic E-state index is 10.1. The topological polar surface area (TPSA) is 29.5 Å². The Hall–Kier alpha value is -1.58. The van der Waals surface area contributed by atoms with Crippen molar-refractivity contribution in [1.82, 2.24) is 0 Å². The molecule has 80 valence electrons. The van der Waals surface area contributed by atoms with Crippen molar-refractivity contribution in [3.8, 4) is 5.75 Å². The summed E-state index contributed by atoms with van der Waals surface area (Å²) in [6.07, 6.45) is 1.24. The lowest BCUT2D eigenvalue weighted by molar-refractivity contribution is 0.193. The van der Waals surface area contributed by atoms with E-state index in [0.717, 1.165) is 16.2 Å². The minimum atomic E-state index is -0.640. The number of ether oxygens (including phenoxy) is 1. The van der Waals surface area contributed by atoms with Crippen LogP contribution in [0.25, 0.3) is 6.08 Å². The molecule has 0 fully saturated rings. The second-order valence-corrected chi connectivity index (χ2v) is 4.58. The van der Waals surface area contributed by atoms with Crippen LogP contribution in [0.3, 0.4) is 0 Å². The van der Waals surface area contributed by atoms with Gasteiger partial charge in [-0.05, 0) is 23.6 Å². The summed E-state index contributed by atoms with van der Waals surface area (Å²) in [5.41, 5.74) is 0.838. The van der Waals surface area contributed by atoms with Crippen LogP contribution in [0, 0.1) is 0 Å². The summed E-state index contributed by atoms with van der Waals surface area (Å²) in [5.74, 6) is 1.35. The predicted octanol–water partition coefficient (Wildman–Crippen LogP) is 3.22. The molecular weight excluding hydrogens is 220 g/mol. The molecule has 1 aromatic heterocycles. The van der Waals surface area contributed by atoms with Crippen molar-refractivity contribution in [3.63, 3.8) is 0 Å². The first-order valence-corrected chi connectivity index (χ1v) is 5.92. The lowest BCUT2D eigenvalue weighted by atomic mass is 10.1. The van der Waals surface area contributed by atoms with Crippen molar-refractivity contribution in [2.24, 2.45) is 0 Å². The summed E-state index contributed by atoms with van der Waals surface area (Å²) in [7, 11) is 0. The van der Waals surface area contributed by atoms with Gasteiger partial charge in [-0.15, -0.1) is 11.3 Å². The van der Waals surface area contributed by atoms with Crippen molar-refractivity contribution in [2.75, 3.05) is 0 Å². The number of benzene rings is 1. The van der Waals surface area contributed by atoms with E-state index in [2.05, 4.69) is 0 Å². The highest BCUT2D eigenvalue weighted by Crippen LogP contribution is 2.39. The molecule has 3 rings (SSSR count). The van der Waals surface area contributed by atoms with Gasteiger partial charge in [0.2, 0.25) is 0 Å². The molecular formula is C13H10O2S. The number of aliphatic hydroxyl groups is 1. The maximum Gasteiger partial charge on any atom is 0.140 e. The Morgan fingerprint density at radius 2 is 2.06 bits per heavy atom. The van der Waals surface area contributed by atoms with Crippen molar-refractivity contribution in [3.05, 3.63) is 58.0 Å². The van der Waals surface area contributed by atoms with Gasteiger partial charge in [0.1, 0.15) is 17.6 Å². The largest absolute Gasteiger partial charge is 0.458 e. The average Bonchev–Trinajstić information content (AvgIpc) is 2.90. The van der Waals surface area contributed by atoms with E-state index in [-0.39, 0.29) is 0 Å². The lowest BCUT2D eigenvalue weighted by Gasteiger charge is -2.01. The summed E-state index contributed by atoms with van der Waals surface area (Å²) in [4.78, 5) is 1.09. The molecule has 1 atom stereocenters. The Kier molecular flexibility index (Phi) is 2.27. The van der Waals surface area contributed by atoms with E-state index < -0.39 is 6.10 Å². The second-order valence-electron chi connectivity index (χ2n) is 3.60. The SMILES string of the molecule is OC1/C(=C/c2cccs2)Oc2ccccc21. The standard InChI is InChI=1S/C13H10O2S/c14-13-10-5-1-2-6-11(10)15-12(13)8-9-4-3-7-16-9/h1-8,13-14H/b12-8-. The van der Waals surface area contributed by atoms with Crippen LogP contribution in [0.5, 0.6) is 5.75 Å². The molecule has 1 aliphatic rings. The molecule has 0 bridgehead atoms. The Morgan fingerprint density at radius 3 is 2.81 bits per heavy atom. The molecule has 2 nitrogen and oxygen atoms in total. The van der Waals surface area contributed by atoms with Gasteiger partial charge in [0, 0.05) is 10.4 Å². The molecule has 0 saturated heterocycles. The van der Waals surface area contributed by atoms with Gasteiger partial charge in [0.15, 0.2) is 0 Å². The van der Waals surface area contributed by atoms with Crippen LogP contribution in [0.1, 0.15) is 16.5 Å². The molecule has 1 aromatic carbocycles. The number of rotatable bonds is 1. The van der Waals surface area contributed by atoms with E-state index in [1.54, 1.807) is 11.3 Å². The van der Waals surface area contributed by atoms with Crippen LogP contribution in [0.15, 0.2) is 47.5 Å². The van der Waals surface area contributed by atoms with Gasteiger partial charge < -0.3 is 9.84 Å². The average molecular weight is 230 g/mol. The van der Waals surface area contributed by atoms with Gasteiger partial charge in [0.05, 0.1) is 0 Å². The third kappa shape index (κ3) is 1.54. The highest BCUT2D eigenvalue weighted by molar-refractivity contribution is 7.10.